The molecule has 0 radical (unpaired) electrons. The maximum absolute atomic E-state index is 12.5. The fraction of sp³-hybridized carbons (Fsp3) is 0.579. The number of primary amides is 1. The van der Waals surface area contributed by atoms with Crippen LogP contribution in [0.4, 0.5) is 4.79 Å². The average Bonchev–Trinajstić information content (AvgIpc) is 2.81. The summed E-state index contributed by atoms with van der Waals surface area (Å²) in [5, 5.41) is 5.77. The lowest BCUT2D eigenvalue weighted by atomic mass is 9.89. The second-order valence-corrected chi connectivity index (χ2v) is 6.91. The summed E-state index contributed by atoms with van der Waals surface area (Å²) in [5.41, 5.74) is 6.66. The standard InChI is InChI=1S/C19H29N3O3/c1-13-12-15(8-9-16(13)25-3)14(2)21-18(24)22-19(17(20)23)10-6-4-5-7-11-19/h8-9,12,14H,4-7,10-11H2,1-3H3,(H2,20,23)(H2,21,22,24). The molecular weight excluding hydrogens is 318 g/mol. The number of hydrogen-bond donors (Lipinski definition) is 3. The number of carbonyl (C=O) groups excluding carboxylic acids is 2. The van der Waals surface area contributed by atoms with Crippen LogP contribution in [0.3, 0.4) is 0 Å². The zero-order chi connectivity index (χ0) is 18.4. The van der Waals surface area contributed by atoms with Crippen molar-refractivity contribution in [3.63, 3.8) is 0 Å². The van der Waals surface area contributed by atoms with E-state index in [1.807, 2.05) is 32.0 Å². The van der Waals surface area contributed by atoms with Crippen molar-refractivity contribution in [3.8, 4) is 5.75 Å². The third kappa shape index (κ3) is 4.65. The van der Waals surface area contributed by atoms with Crippen LogP contribution in [-0.2, 0) is 4.79 Å². The molecule has 2 rings (SSSR count). The summed E-state index contributed by atoms with van der Waals surface area (Å²) in [6.45, 7) is 3.87. The molecule has 1 fully saturated rings. The van der Waals surface area contributed by atoms with Crippen LogP contribution in [-0.4, -0.2) is 24.6 Å². The van der Waals surface area contributed by atoms with E-state index in [0.717, 1.165) is 42.6 Å². The molecule has 1 unspecified atom stereocenters. The van der Waals surface area contributed by atoms with Gasteiger partial charge in [-0.1, -0.05) is 37.8 Å². The van der Waals surface area contributed by atoms with Crippen molar-refractivity contribution in [3.05, 3.63) is 29.3 Å². The van der Waals surface area contributed by atoms with Crippen LogP contribution in [0.2, 0.25) is 0 Å². The monoisotopic (exact) mass is 347 g/mol. The summed E-state index contributed by atoms with van der Waals surface area (Å²) in [7, 11) is 1.63. The number of hydrogen-bond acceptors (Lipinski definition) is 3. The predicted molar refractivity (Wildman–Crippen MR) is 97.4 cm³/mol. The molecule has 0 aromatic heterocycles. The lowest BCUT2D eigenvalue weighted by molar-refractivity contribution is -0.124. The Morgan fingerprint density at radius 1 is 1.20 bits per heavy atom. The Balaban J connectivity index is 2.04. The Morgan fingerprint density at radius 3 is 2.36 bits per heavy atom. The number of aryl methyl sites for hydroxylation is 1. The van der Waals surface area contributed by atoms with E-state index in [4.69, 9.17) is 10.5 Å². The molecule has 0 saturated heterocycles. The minimum Gasteiger partial charge on any atom is -0.496 e. The molecule has 1 aliphatic rings. The highest BCUT2D eigenvalue weighted by molar-refractivity contribution is 5.90. The van der Waals surface area contributed by atoms with Crippen LogP contribution in [0, 0.1) is 6.92 Å². The van der Waals surface area contributed by atoms with E-state index in [1.54, 1.807) is 7.11 Å². The fourth-order valence-electron chi connectivity index (χ4n) is 3.47. The lowest BCUT2D eigenvalue weighted by Gasteiger charge is -2.31. The summed E-state index contributed by atoms with van der Waals surface area (Å²) in [5.74, 6) is 0.365. The molecular formula is C19H29N3O3. The van der Waals surface area contributed by atoms with E-state index in [0.29, 0.717) is 12.8 Å². The van der Waals surface area contributed by atoms with Gasteiger partial charge in [-0.2, -0.15) is 0 Å². The van der Waals surface area contributed by atoms with Crippen molar-refractivity contribution < 1.29 is 14.3 Å². The number of urea groups is 1. The van der Waals surface area contributed by atoms with Crippen LogP contribution in [0.25, 0.3) is 0 Å². The molecule has 0 aliphatic heterocycles. The number of ether oxygens (including phenoxy) is 1. The Morgan fingerprint density at radius 2 is 1.84 bits per heavy atom. The van der Waals surface area contributed by atoms with Gasteiger partial charge in [0.2, 0.25) is 5.91 Å². The summed E-state index contributed by atoms with van der Waals surface area (Å²) in [6.07, 6.45) is 5.14. The van der Waals surface area contributed by atoms with Gasteiger partial charge in [0.05, 0.1) is 13.2 Å². The highest BCUT2D eigenvalue weighted by atomic mass is 16.5. The van der Waals surface area contributed by atoms with Gasteiger partial charge in [0.15, 0.2) is 0 Å². The Bertz CT molecular complexity index is 622. The quantitative estimate of drug-likeness (QED) is 0.715. The van der Waals surface area contributed by atoms with E-state index >= 15 is 0 Å². The first-order chi connectivity index (χ1) is 11.9. The molecule has 1 aromatic carbocycles. The number of nitrogens with two attached hydrogens (primary N) is 1. The smallest absolute Gasteiger partial charge is 0.316 e. The Hall–Kier alpha value is -2.24. The van der Waals surface area contributed by atoms with Gasteiger partial charge in [-0.15, -0.1) is 0 Å². The Labute approximate surface area is 149 Å². The van der Waals surface area contributed by atoms with Gasteiger partial charge in [-0.25, -0.2) is 4.79 Å². The van der Waals surface area contributed by atoms with Crippen LogP contribution < -0.4 is 21.1 Å². The van der Waals surface area contributed by atoms with Gasteiger partial charge in [-0.05, 0) is 43.9 Å². The number of nitrogens with one attached hydrogen (secondary N) is 2. The van der Waals surface area contributed by atoms with E-state index in [-0.39, 0.29) is 12.1 Å². The normalized spacial score (nSPS) is 17.9. The highest BCUT2D eigenvalue weighted by Gasteiger charge is 2.38. The van der Waals surface area contributed by atoms with Crippen molar-refractivity contribution >= 4 is 11.9 Å². The van der Waals surface area contributed by atoms with Crippen molar-refractivity contribution in [2.75, 3.05) is 7.11 Å². The van der Waals surface area contributed by atoms with E-state index < -0.39 is 11.4 Å². The molecule has 25 heavy (non-hydrogen) atoms. The van der Waals surface area contributed by atoms with Crippen LogP contribution >= 0.6 is 0 Å². The fourth-order valence-corrected chi connectivity index (χ4v) is 3.47. The molecule has 3 amide bonds. The number of rotatable bonds is 5. The third-order valence-electron chi connectivity index (χ3n) is 5.05. The SMILES string of the molecule is COc1ccc(C(C)NC(=O)NC2(C(N)=O)CCCCCC2)cc1C. The molecule has 1 aliphatic carbocycles. The molecule has 0 spiro atoms. The average molecular weight is 347 g/mol. The first-order valence-corrected chi connectivity index (χ1v) is 8.91. The molecule has 6 heteroatoms. The highest BCUT2D eigenvalue weighted by Crippen LogP contribution is 2.27. The zero-order valence-electron chi connectivity index (χ0n) is 15.4. The molecule has 0 heterocycles. The topological polar surface area (TPSA) is 93.4 Å². The molecule has 0 bridgehead atoms. The lowest BCUT2D eigenvalue weighted by Crippen LogP contribution is -2.59. The molecule has 1 saturated carbocycles. The molecule has 1 atom stereocenters. The van der Waals surface area contributed by atoms with Gasteiger partial charge in [0.1, 0.15) is 11.3 Å². The molecule has 1 aromatic rings. The van der Waals surface area contributed by atoms with Crippen molar-refractivity contribution in [1.82, 2.24) is 10.6 Å². The van der Waals surface area contributed by atoms with Gasteiger partial charge < -0.3 is 21.1 Å². The largest absolute Gasteiger partial charge is 0.496 e. The number of carbonyl (C=O) groups is 2. The van der Waals surface area contributed by atoms with Gasteiger partial charge in [0, 0.05) is 0 Å². The van der Waals surface area contributed by atoms with Gasteiger partial charge in [-0.3, -0.25) is 4.79 Å². The van der Waals surface area contributed by atoms with Crippen LogP contribution in [0.1, 0.15) is 62.6 Å². The van der Waals surface area contributed by atoms with Crippen molar-refractivity contribution in [1.29, 1.82) is 0 Å². The summed E-state index contributed by atoms with van der Waals surface area (Å²) < 4.78 is 5.26. The summed E-state index contributed by atoms with van der Waals surface area (Å²) >= 11 is 0. The first kappa shape index (κ1) is 19.1. The maximum atomic E-state index is 12.5. The molecule has 138 valence electrons. The minimum absolute atomic E-state index is 0.194. The van der Waals surface area contributed by atoms with E-state index in [1.165, 1.54) is 0 Å². The number of amides is 3. The second-order valence-electron chi connectivity index (χ2n) is 6.91. The van der Waals surface area contributed by atoms with Crippen LogP contribution in [0.15, 0.2) is 18.2 Å². The van der Waals surface area contributed by atoms with Gasteiger partial charge in [0.25, 0.3) is 0 Å². The van der Waals surface area contributed by atoms with Gasteiger partial charge >= 0.3 is 6.03 Å². The maximum Gasteiger partial charge on any atom is 0.316 e. The third-order valence-corrected chi connectivity index (χ3v) is 5.05. The Kier molecular flexibility index (Phi) is 6.28. The first-order valence-electron chi connectivity index (χ1n) is 8.91. The van der Waals surface area contributed by atoms with Crippen molar-refractivity contribution in [2.24, 2.45) is 5.73 Å². The second kappa shape index (κ2) is 8.23. The zero-order valence-corrected chi connectivity index (χ0v) is 15.4. The van der Waals surface area contributed by atoms with E-state index in [9.17, 15) is 9.59 Å². The molecule has 4 N–H and O–H groups in total. The summed E-state index contributed by atoms with van der Waals surface area (Å²) in [4.78, 5) is 24.5. The number of methoxy groups -OCH3 is 1. The van der Waals surface area contributed by atoms with Crippen molar-refractivity contribution in [2.45, 2.75) is 64.0 Å². The van der Waals surface area contributed by atoms with Crippen LogP contribution in [0.5, 0.6) is 5.75 Å². The molecule has 6 nitrogen and oxygen atoms in total. The summed E-state index contributed by atoms with van der Waals surface area (Å²) in [6, 6.07) is 5.24. The minimum atomic E-state index is -0.934. The number of benzene rings is 1. The predicted octanol–water partition coefficient (Wildman–Crippen LogP) is 2.94. The van der Waals surface area contributed by atoms with E-state index in [2.05, 4.69) is 10.6 Å².